The summed E-state index contributed by atoms with van der Waals surface area (Å²) in [5.74, 6) is -0.225. The lowest BCUT2D eigenvalue weighted by Gasteiger charge is -2.34. The predicted molar refractivity (Wildman–Crippen MR) is 85.8 cm³/mol. The standard InChI is InChI=1S/C16H25N3O3/c1-12(20)17-11-15(21)16(22)13-3-5-14(6-4-13)19-9-7-18(2)8-10-19/h3-6,15-16,21-22H,7-11H2,1-2H3,(H,17,20). The number of hydrogen-bond acceptors (Lipinski definition) is 5. The summed E-state index contributed by atoms with van der Waals surface area (Å²) in [6, 6.07) is 7.59. The van der Waals surface area contributed by atoms with Crippen LogP contribution in [0.1, 0.15) is 18.6 Å². The van der Waals surface area contributed by atoms with E-state index >= 15 is 0 Å². The molecule has 2 unspecified atom stereocenters. The van der Waals surface area contributed by atoms with E-state index in [9.17, 15) is 15.0 Å². The maximum absolute atomic E-state index is 10.8. The van der Waals surface area contributed by atoms with Gasteiger partial charge in [0.2, 0.25) is 5.91 Å². The number of anilines is 1. The maximum atomic E-state index is 10.8. The van der Waals surface area contributed by atoms with Gasteiger partial charge >= 0.3 is 0 Å². The van der Waals surface area contributed by atoms with E-state index in [1.54, 1.807) is 0 Å². The highest BCUT2D eigenvalue weighted by Gasteiger charge is 2.19. The Kier molecular flexibility index (Phi) is 5.76. The lowest BCUT2D eigenvalue weighted by atomic mass is 10.0. The van der Waals surface area contributed by atoms with Crippen molar-refractivity contribution in [2.45, 2.75) is 19.1 Å². The topological polar surface area (TPSA) is 76.0 Å². The SMILES string of the molecule is CC(=O)NCC(O)C(O)c1ccc(N2CCN(C)CC2)cc1. The maximum Gasteiger partial charge on any atom is 0.216 e. The highest BCUT2D eigenvalue weighted by Crippen LogP contribution is 2.22. The van der Waals surface area contributed by atoms with Crippen molar-refractivity contribution in [1.82, 2.24) is 10.2 Å². The van der Waals surface area contributed by atoms with Gasteiger partial charge in [0.25, 0.3) is 0 Å². The largest absolute Gasteiger partial charge is 0.388 e. The van der Waals surface area contributed by atoms with Gasteiger partial charge in [-0.1, -0.05) is 12.1 Å². The third kappa shape index (κ3) is 4.43. The Morgan fingerprint density at radius 1 is 1.18 bits per heavy atom. The van der Waals surface area contributed by atoms with Crippen LogP contribution in [0.2, 0.25) is 0 Å². The third-order valence-electron chi connectivity index (χ3n) is 4.03. The number of aliphatic hydroxyl groups excluding tert-OH is 2. The molecule has 1 aromatic carbocycles. The van der Waals surface area contributed by atoms with Crippen LogP contribution in [0.3, 0.4) is 0 Å². The first-order valence-electron chi connectivity index (χ1n) is 7.61. The van der Waals surface area contributed by atoms with Crippen LogP contribution in [0, 0.1) is 0 Å². The lowest BCUT2D eigenvalue weighted by Crippen LogP contribution is -2.44. The summed E-state index contributed by atoms with van der Waals surface area (Å²) in [5, 5.41) is 22.5. The van der Waals surface area contributed by atoms with Crippen LogP contribution >= 0.6 is 0 Å². The number of aliphatic hydroxyl groups is 2. The Morgan fingerprint density at radius 2 is 1.77 bits per heavy atom. The molecular weight excluding hydrogens is 282 g/mol. The monoisotopic (exact) mass is 307 g/mol. The molecule has 1 fully saturated rings. The first kappa shape index (κ1) is 16.7. The first-order valence-corrected chi connectivity index (χ1v) is 7.61. The molecular formula is C16H25N3O3. The van der Waals surface area contributed by atoms with Crippen molar-refractivity contribution in [3.63, 3.8) is 0 Å². The van der Waals surface area contributed by atoms with Gasteiger partial charge in [0.05, 0.1) is 0 Å². The summed E-state index contributed by atoms with van der Waals surface area (Å²) < 4.78 is 0. The van der Waals surface area contributed by atoms with Gasteiger partial charge in [0.1, 0.15) is 12.2 Å². The second-order valence-electron chi connectivity index (χ2n) is 5.83. The molecule has 0 spiro atoms. The molecule has 3 N–H and O–H groups in total. The van der Waals surface area contributed by atoms with Crippen molar-refractivity contribution < 1.29 is 15.0 Å². The lowest BCUT2D eigenvalue weighted by molar-refractivity contribution is -0.119. The van der Waals surface area contributed by atoms with Crippen molar-refractivity contribution >= 4 is 11.6 Å². The van der Waals surface area contributed by atoms with E-state index in [2.05, 4.69) is 22.2 Å². The van der Waals surface area contributed by atoms with Gasteiger partial charge < -0.3 is 25.3 Å². The van der Waals surface area contributed by atoms with E-state index in [4.69, 9.17) is 0 Å². The van der Waals surface area contributed by atoms with Gasteiger partial charge in [0.15, 0.2) is 0 Å². The van der Waals surface area contributed by atoms with E-state index in [-0.39, 0.29) is 12.5 Å². The number of rotatable bonds is 5. The zero-order valence-electron chi connectivity index (χ0n) is 13.2. The average Bonchev–Trinajstić information content (AvgIpc) is 2.53. The van der Waals surface area contributed by atoms with Gasteiger partial charge in [-0.2, -0.15) is 0 Å². The second kappa shape index (κ2) is 7.58. The van der Waals surface area contributed by atoms with Crippen molar-refractivity contribution in [3.8, 4) is 0 Å². The number of carbonyl (C=O) groups excluding carboxylic acids is 1. The Hall–Kier alpha value is -1.63. The summed E-state index contributed by atoms with van der Waals surface area (Å²) in [6.45, 7) is 5.48. The molecule has 1 saturated heterocycles. The number of piperazine rings is 1. The highest BCUT2D eigenvalue weighted by molar-refractivity contribution is 5.72. The fourth-order valence-electron chi connectivity index (χ4n) is 2.53. The number of carbonyl (C=O) groups is 1. The molecule has 0 aromatic heterocycles. The van der Waals surface area contributed by atoms with Crippen molar-refractivity contribution in [2.24, 2.45) is 0 Å². The van der Waals surface area contributed by atoms with E-state index in [1.165, 1.54) is 6.92 Å². The molecule has 1 aromatic rings. The zero-order valence-corrected chi connectivity index (χ0v) is 13.2. The molecule has 2 atom stereocenters. The highest BCUT2D eigenvalue weighted by atomic mass is 16.3. The van der Waals surface area contributed by atoms with E-state index in [0.29, 0.717) is 5.56 Å². The Labute approximate surface area is 131 Å². The molecule has 0 bridgehead atoms. The van der Waals surface area contributed by atoms with Gasteiger partial charge in [-0.05, 0) is 24.7 Å². The zero-order chi connectivity index (χ0) is 16.1. The Bertz CT molecular complexity index is 484. The molecule has 1 aliphatic heterocycles. The molecule has 122 valence electrons. The normalized spacial score (nSPS) is 18.8. The number of hydrogen-bond donors (Lipinski definition) is 3. The van der Waals surface area contributed by atoms with Crippen molar-refractivity contribution in [3.05, 3.63) is 29.8 Å². The first-order chi connectivity index (χ1) is 10.5. The van der Waals surface area contributed by atoms with Crippen LogP contribution in [0.15, 0.2) is 24.3 Å². The minimum atomic E-state index is -1.02. The summed E-state index contributed by atoms with van der Waals surface area (Å²) in [5.41, 5.74) is 1.77. The molecule has 1 aliphatic rings. The summed E-state index contributed by atoms with van der Waals surface area (Å²) in [7, 11) is 2.12. The van der Waals surface area contributed by atoms with Crippen molar-refractivity contribution in [2.75, 3.05) is 44.7 Å². The van der Waals surface area contributed by atoms with Crippen LogP contribution in [0.4, 0.5) is 5.69 Å². The van der Waals surface area contributed by atoms with Crippen LogP contribution in [-0.2, 0) is 4.79 Å². The summed E-state index contributed by atoms with van der Waals surface area (Å²) in [6.07, 6.45) is -2.02. The van der Waals surface area contributed by atoms with E-state index in [0.717, 1.165) is 31.9 Å². The molecule has 6 heteroatoms. The molecule has 0 saturated carbocycles. The average molecular weight is 307 g/mol. The quantitative estimate of drug-likeness (QED) is 0.712. The van der Waals surface area contributed by atoms with Crippen molar-refractivity contribution in [1.29, 1.82) is 0 Å². The smallest absolute Gasteiger partial charge is 0.216 e. The second-order valence-corrected chi connectivity index (χ2v) is 5.83. The molecule has 1 heterocycles. The molecule has 0 radical (unpaired) electrons. The molecule has 2 rings (SSSR count). The minimum Gasteiger partial charge on any atom is -0.388 e. The number of likely N-dealkylation sites (N-methyl/N-ethyl adjacent to an activating group) is 1. The fraction of sp³-hybridized carbons (Fsp3) is 0.562. The van der Waals surface area contributed by atoms with E-state index in [1.807, 2.05) is 24.3 Å². The summed E-state index contributed by atoms with van der Waals surface area (Å²) >= 11 is 0. The van der Waals surface area contributed by atoms with Crippen LogP contribution in [0.25, 0.3) is 0 Å². The Morgan fingerprint density at radius 3 is 2.32 bits per heavy atom. The number of nitrogens with zero attached hydrogens (tertiary/aromatic N) is 2. The fourth-order valence-corrected chi connectivity index (χ4v) is 2.53. The third-order valence-corrected chi connectivity index (χ3v) is 4.03. The molecule has 0 aliphatic carbocycles. The van der Waals surface area contributed by atoms with Crippen LogP contribution in [0.5, 0.6) is 0 Å². The van der Waals surface area contributed by atoms with Gasteiger partial charge in [-0.25, -0.2) is 0 Å². The molecule has 6 nitrogen and oxygen atoms in total. The van der Waals surface area contributed by atoms with Crippen LogP contribution in [-0.4, -0.2) is 66.9 Å². The molecule has 1 amide bonds. The van der Waals surface area contributed by atoms with Gasteiger partial charge in [-0.3, -0.25) is 4.79 Å². The number of amides is 1. The number of nitrogens with one attached hydrogen (secondary N) is 1. The molecule has 22 heavy (non-hydrogen) atoms. The Balaban J connectivity index is 1.94. The number of benzene rings is 1. The summed E-state index contributed by atoms with van der Waals surface area (Å²) in [4.78, 5) is 15.4. The van der Waals surface area contributed by atoms with Gasteiger partial charge in [-0.15, -0.1) is 0 Å². The van der Waals surface area contributed by atoms with E-state index < -0.39 is 12.2 Å². The predicted octanol–water partition coefficient (Wildman–Crippen LogP) is -0.0312. The minimum absolute atomic E-state index is 0.0384. The van der Waals surface area contributed by atoms with Gasteiger partial charge in [0, 0.05) is 45.3 Å². The van der Waals surface area contributed by atoms with Crippen LogP contribution < -0.4 is 10.2 Å².